The van der Waals surface area contributed by atoms with Gasteiger partial charge in [0, 0.05) is 22.8 Å². The molecule has 5 rings (SSSR count). The van der Waals surface area contributed by atoms with E-state index in [-0.39, 0.29) is 22.9 Å². The smallest absolute Gasteiger partial charge is 0.250 e. The molecule has 0 unspecified atom stereocenters. The summed E-state index contributed by atoms with van der Waals surface area (Å²) in [4.78, 5) is 14.3. The number of anilines is 1. The van der Waals surface area contributed by atoms with Crippen LogP contribution in [0.25, 0.3) is 10.1 Å². The maximum Gasteiger partial charge on any atom is 0.250 e. The monoisotopic (exact) mass is 479 g/mol. The molecule has 1 saturated heterocycles. The van der Waals surface area contributed by atoms with Crippen LogP contribution in [0.4, 0.5) is 10.1 Å². The third kappa shape index (κ3) is 3.85. The second-order valence-electron chi connectivity index (χ2n) is 7.70. The normalized spacial score (nSPS) is 19.2. The molecular formula is C21H19ClFN3O3S2. The van der Waals surface area contributed by atoms with Crippen molar-refractivity contribution in [2.24, 2.45) is 0 Å². The van der Waals surface area contributed by atoms with E-state index in [2.05, 4.69) is 10.0 Å². The predicted molar refractivity (Wildman–Crippen MR) is 120 cm³/mol. The van der Waals surface area contributed by atoms with Crippen LogP contribution in [-0.4, -0.2) is 33.5 Å². The molecule has 162 valence electrons. The highest BCUT2D eigenvalue weighted by Crippen LogP contribution is 2.33. The lowest BCUT2D eigenvalue weighted by atomic mass is 9.99. The molecule has 2 aliphatic rings. The van der Waals surface area contributed by atoms with Crippen LogP contribution in [0.15, 0.2) is 40.6 Å². The quantitative estimate of drug-likeness (QED) is 0.601. The fraction of sp³-hybridized carbons (Fsp3) is 0.286. The molecule has 1 fully saturated rings. The molecule has 2 aliphatic heterocycles. The van der Waals surface area contributed by atoms with Gasteiger partial charge in [0.05, 0.1) is 5.69 Å². The zero-order valence-electron chi connectivity index (χ0n) is 16.3. The third-order valence-electron chi connectivity index (χ3n) is 5.67. The molecule has 1 aromatic heterocycles. The first-order valence-corrected chi connectivity index (χ1v) is 12.5. The molecule has 31 heavy (non-hydrogen) atoms. The van der Waals surface area contributed by atoms with E-state index in [4.69, 9.17) is 11.6 Å². The maximum absolute atomic E-state index is 14.7. The number of thiophene rings is 1. The van der Waals surface area contributed by atoms with E-state index in [1.807, 2.05) is 0 Å². The van der Waals surface area contributed by atoms with Crippen molar-refractivity contribution in [1.82, 2.24) is 10.0 Å². The van der Waals surface area contributed by atoms with Crippen molar-refractivity contribution in [3.05, 3.63) is 58.4 Å². The number of sulfonamides is 1. The van der Waals surface area contributed by atoms with Crippen LogP contribution in [0.5, 0.6) is 0 Å². The number of carbonyl (C=O) groups is 1. The Morgan fingerprint density at radius 3 is 2.87 bits per heavy atom. The molecular weight excluding hydrogens is 461 g/mol. The van der Waals surface area contributed by atoms with Crippen LogP contribution >= 0.6 is 22.9 Å². The number of nitrogens with zero attached hydrogens (tertiary/aromatic N) is 1. The van der Waals surface area contributed by atoms with Gasteiger partial charge in [0.1, 0.15) is 16.1 Å². The first-order chi connectivity index (χ1) is 14.8. The van der Waals surface area contributed by atoms with Gasteiger partial charge >= 0.3 is 0 Å². The molecule has 2 N–H and O–H groups in total. The number of nitrogens with one attached hydrogen (secondary N) is 2. The summed E-state index contributed by atoms with van der Waals surface area (Å²) in [6.45, 7) is 1.65. The lowest BCUT2D eigenvalue weighted by Gasteiger charge is -2.23. The number of rotatable bonds is 4. The number of hydrogen-bond donors (Lipinski definition) is 2. The lowest BCUT2D eigenvalue weighted by molar-refractivity contribution is -0.118. The lowest BCUT2D eigenvalue weighted by Crippen LogP contribution is -2.41. The van der Waals surface area contributed by atoms with Gasteiger partial charge in [-0.25, -0.2) is 12.8 Å². The largest absolute Gasteiger partial charge is 0.312 e. The highest BCUT2D eigenvalue weighted by Gasteiger charge is 2.37. The van der Waals surface area contributed by atoms with Crippen molar-refractivity contribution >= 4 is 54.6 Å². The van der Waals surface area contributed by atoms with E-state index in [0.717, 1.165) is 45.5 Å². The SMILES string of the molecule is O=C1[C@@H](NS(=O)(=O)c2cc3ccc(Cl)cc3s2)CCN1c1cc2c(cc1F)CNCC2. The van der Waals surface area contributed by atoms with E-state index in [1.54, 1.807) is 30.3 Å². The Hall–Kier alpha value is -2.04. The van der Waals surface area contributed by atoms with Gasteiger partial charge in [-0.05, 0) is 66.2 Å². The number of benzene rings is 2. The predicted octanol–water partition coefficient (Wildman–Crippen LogP) is 3.42. The van der Waals surface area contributed by atoms with Gasteiger partial charge in [-0.3, -0.25) is 4.79 Å². The van der Waals surface area contributed by atoms with Crippen molar-refractivity contribution in [1.29, 1.82) is 0 Å². The summed E-state index contributed by atoms with van der Waals surface area (Å²) in [5.74, 6) is -0.916. The van der Waals surface area contributed by atoms with E-state index < -0.39 is 27.8 Å². The number of fused-ring (bicyclic) bond motifs is 2. The average molecular weight is 480 g/mol. The topological polar surface area (TPSA) is 78.5 Å². The Kier molecular flexibility index (Phi) is 5.26. The van der Waals surface area contributed by atoms with Crippen molar-refractivity contribution < 1.29 is 17.6 Å². The standard InChI is InChI=1S/C21H19ClFN3O3S2/c22-15-2-1-13-9-20(30-19(13)10-15)31(28,29)25-17-4-6-26(21(17)27)18-8-12-3-5-24-11-14(12)7-16(18)23/h1-2,7-10,17,24-25H,3-6,11H2/t17-/m0/s1. The van der Waals surface area contributed by atoms with Gasteiger partial charge in [0.2, 0.25) is 5.91 Å². The Bertz CT molecular complexity index is 1310. The van der Waals surface area contributed by atoms with E-state index in [1.165, 1.54) is 11.0 Å². The maximum atomic E-state index is 14.7. The summed E-state index contributed by atoms with van der Waals surface area (Å²) >= 11 is 7.08. The minimum absolute atomic E-state index is 0.114. The Labute approximate surface area is 188 Å². The van der Waals surface area contributed by atoms with Crippen molar-refractivity contribution in [3.8, 4) is 0 Å². The van der Waals surface area contributed by atoms with E-state index in [9.17, 15) is 17.6 Å². The number of hydrogen-bond acceptors (Lipinski definition) is 5. The molecule has 3 heterocycles. The Balaban J connectivity index is 1.38. The number of carbonyl (C=O) groups excluding carboxylic acids is 1. The minimum Gasteiger partial charge on any atom is -0.312 e. The molecule has 3 aromatic rings. The third-order valence-corrected chi connectivity index (χ3v) is 8.95. The summed E-state index contributed by atoms with van der Waals surface area (Å²) in [6, 6.07) is 8.96. The van der Waals surface area contributed by atoms with Crippen LogP contribution in [-0.2, 0) is 27.8 Å². The highest BCUT2D eigenvalue weighted by atomic mass is 35.5. The fourth-order valence-corrected chi connectivity index (χ4v) is 7.00. The summed E-state index contributed by atoms with van der Waals surface area (Å²) in [5, 5.41) is 4.48. The molecule has 1 amide bonds. The second kappa shape index (κ2) is 7.83. The Morgan fingerprint density at radius 1 is 1.19 bits per heavy atom. The van der Waals surface area contributed by atoms with E-state index >= 15 is 0 Å². The summed E-state index contributed by atoms with van der Waals surface area (Å²) < 4.78 is 43.9. The van der Waals surface area contributed by atoms with Crippen molar-refractivity contribution in [2.75, 3.05) is 18.0 Å². The second-order valence-corrected chi connectivity index (χ2v) is 11.2. The van der Waals surface area contributed by atoms with Crippen LogP contribution in [0, 0.1) is 5.82 Å². The van der Waals surface area contributed by atoms with Gasteiger partial charge in [-0.1, -0.05) is 17.7 Å². The fourth-order valence-electron chi connectivity index (χ4n) is 4.08. The molecule has 6 nitrogen and oxygen atoms in total. The minimum atomic E-state index is -3.91. The van der Waals surface area contributed by atoms with Crippen molar-refractivity contribution in [3.63, 3.8) is 0 Å². The molecule has 0 bridgehead atoms. The average Bonchev–Trinajstić information content (AvgIpc) is 3.31. The molecule has 0 radical (unpaired) electrons. The summed E-state index contributed by atoms with van der Waals surface area (Å²) in [6.07, 6.45) is 1.03. The molecule has 1 atom stereocenters. The molecule has 0 saturated carbocycles. The molecule has 2 aromatic carbocycles. The summed E-state index contributed by atoms with van der Waals surface area (Å²) in [5.41, 5.74) is 2.11. The number of halogens is 2. The first-order valence-electron chi connectivity index (χ1n) is 9.87. The van der Waals surface area contributed by atoms with Gasteiger partial charge in [-0.2, -0.15) is 4.72 Å². The van der Waals surface area contributed by atoms with Crippen LogP contribution in [0.1, 0.15) is 17.5 Å². The van der Waals surface area contributed by atoms with Gasteiger partial charge in [0.25, 0.3) is 10.0 Å². The van der Waals surface area contributed by atoms with Gasteiger partial charge in [-0.15, -0.1) is 11.3 Å². The Morgan fingerprint density at radius 2 is 2.03 bits per heavy atom. The zero-order chi connectivity index (χ0) is 21.8. The number of amides is 1. The zero-order valence-corrected chi connectivity index (χ0v) is 18.7. The van der Waals surface area contributed by atoms with Crippen LogP contribution in [0.2, 0.25) is 5.02 Å². The summed E-state index contributed by atoms with van der Waals surface area (Å²) in [7, 11) is -3.91. The van der Waals surface area contributed by atoms with Crippen LogP contribution < -0.4 is 14.9 Å². The molecule has 10 heteroatoms. The van der Waals surface area contributed by atoms with E-state index in [0.29, 0.717) is 11.6 Å². The molecule has 0 aliphatic carbocycles. The molecule has 0 spiro atoms. The van der Waals surface area contributed by atoms with Gasteiger partial charge < -0.3 is 10.2 Å². The van der Waals surface area contributed by atoms with Crippen LogP contribution in [0.3, 0.4) is 0 Å². The highest BCUT2D eigenvalue weighted by molar-refractivity contribution is 7.91. The first kappa shape index (κ1) is 20.8. The van der Waals surface area contributed by atoms with Crippen molar-refractivity contribution in [2.45, 2.75) is 29.6 Å². The van der Waals surface area contributed by atoms with Gasteiger partial charge in [0.15, 0.2) is 0 Å².